The number of ether oxygens (including phenoxy) is 1. The molecular formula is C16H23N3O2S. The van der Waals surface area contributed by atoms with E-state index in [2.05, 4.69) is 15.5 Å². The zero-order chi connectivity index (χ0) is 15.2. The van der Waals surface area contributed by atoms with Crippen LogP contribution in [0.1, 0.15) is 43.5 Å². The molecule has 0 atom stereocenters. The summed E-state index contributed by atoms with van der Waals surface area (Å²) >= 11 is 1.47. The van der Waals surface area contributed by atoms with Crippen LogP contribution in [-0.4, -0.2) is 29.8 Å². The number of hydrogen-bond donors (Lipinski definition) is 1. The number of anilines is 1. The van der Waals surface area contributed by atoms with E-state index in [-0.39, 0.29) is 11.3 Å². The van der Waals surface area contributed by atoms with Crippen molar-refractivity contribution in [2.45, 2.75) is 44.9 Å². The summed E-state index contributed by atoms with van der Waals surface area (Å²) in [5, 5.41) is 12.9. The van der Waals surface area contributed by atoms with Gasteiger partial charge in [-0.1, -0.05) is 11.3 Å². The van der Waals surface area contributed by atoms with Crippen LogP contribution in [0, 0.1) is 23.2 Å². The van der Waals surface area contributed by atoms with Gasteiger partial charge in [0, 0.05) is 13.5 Å². The molecule has 120 valence electrons. The lowest BCUT2D eigenvalue weighted by molar-refractivity contribution is -0.140. The monoisotopic (exact) mass is 321 g/mol. The van der Waals surface area contributed by atoms with Gasteiger partial charge in [0.25, 0.3) is 0 Å². The van der Waals surface area contributed by atoms with Crippen LogP contribution in [0.3, 0.4) is 0 Å². The zero-order valence-electron chi connectivity index (χ0n) is 13.0. The first-order valence-electron chi connectivity index (χ1n) is 8.29. The van der Waals surface area contributed by atoms with Crippen LogP contribution in [0.5, 0.6) is 0 Å². The standard InChI is InChI=1S/C16H23N3O2S/c1-21-3-2-13-18-19-15(22-13)17-14(20)16-7-10-4-11(8-16)6-12(5-10)9-16/h10-12H,2-9H2,1H3,(H,17,19,20). The van der Waals surface area contributed by atoms with E-state index in [0.29, 0.717) is 11.7 Å². The van der Waals surface area contributed by atoms with E-state index < -0.39 is 0 Å². The van der Waals surface area contributed by atoms with E-state index in [1.54, 1.807) is 7.11 Å². The number of hydrogen-bond acceptors (Lipinski definition) is 5. The van der Waals surface area contributed by atoms with Gasteiger partial charge in [-0.05, 0) is 56.3 Å². The maximum absolute atomic E-state index is 12.9. The number of methoxy groups -OCH3 is 1. The minimum absolute atomic E-state index is 0.118. The Morgan fingerprint density at radius 2 is 1.86 bits per heavy atom. The average molecular weight is 321 g/mol. The summed E-state index contributed by atoms with van der Waals surface area (Å²) in [6.07, 6.45) is 8.06. The Morgan fingerprint density at radius 1 is 1.23 bits per heavy atom. The molecule has 22 heavy (non-hydrogen) atoms. The zero-order valence-corrected chi connectivity index (χ0v) is 13.8. The highest BCUT2D eigenvalue weighted by molar-refractivity contribution is 7.15. The Labute approximate surface area is 134 Å². The molecule has 0 radical (unpaired) electrons. The van der Waals surface area contributed by atoms with Crippen LogP contribution in [-0.2, 0) is 16.0 Å². The van der Waals surface area contributed by atoms with Crippen molar-refractivity contribution in [2.75, 3.05) is 19.0 Å². The highest BCUT2D eigenvalue weighted by atomic mass is 32.1. The number of carbonyl (C=O) groups excluding carboxylic acids is 1. The molecule has 0 spiro atoms. The largest absolute Gasteiger partial charge is 0.384 e. The maximum Gasteiger partial charge on any atom is 0.232 e. The van der Waals surface area contributed by atoms with Crippen LogP contribution in [0.4, 0.5) is 5.13 Å². The Morgan fingerprint density at radius 3 is 2.45 bits per heavy atom. The molecule has 4 aliphatic rings. The maximum atomic E-state index is 12.9. The molecule has 1 N–H and O–H groups in total. The second-order valence-electron chi connectivity index (χ2n) is 7.40. The molecule has 0 saturated heterocycles. The molecule has 4 saturated carbocycles. The first kappa shape index (κ1) is 14.6. The van der Waals surface area contributed by atoms with E-state index in [0.717, 1.165) is 48.4 Å². The molecule has 4 aliphatic carbocycles. The van der Waals surface area contributed by atoms with Crippen molar-refractivity contribution in [2.24, 2.45) is 23.2 Å². The predicted octanol–water partition coefficient (Wildman–Crippen LogP) is 2.88. The highest BCUT2D eigenvalue weighted by Gasteiger charge is 2.54. The molecule has 5 rings (SSSR count). The van der Waals surface area contributed by atoms with Crippen molar-refractivity contribution in [1.82, 2.24) is 10.2 Å². The molecule has 0 aromatic carbocycles. The molecule has 5 nitrogen and oxygen atoms in total. The number of amides is 1. The lowest BCUT2D eigenvalue weighted by atomic mass is 9.49. The first-order valence-corrected chi connectivity index (χ1v) is 9.11. The van der Waals surface area contributed by atoms with Gasteiger partial charge in [0.05, 0.1) is 12.0 Å². The number of aromatic nitrogens is 2. The quantitative estimate of drug-likeness (QED) is 0.906. The Kier molecular flexibility index (Phi) is 3.69. The van der Waals surface area contributed by atoms with E-state index in [9.17, 15) is 4.79 Å². The fourth-order valence-electron chi connectivity index (χ4n) is 5.21. The van der Waals surface area contributed by atoms with Gasteiger partial charge in [-0.3, -0.25) is 4.79 Å². The summed E-state index contributed by atoms with van der Waals surface area (Å²) in [7, 11) is 1.68. The number of carbonyl (C=O) groups is 1. The van der Waals surface area contributed by atoms with Crippen molar-refractivity contribution >= 4 is 22.4 Å². The highest BCUT2D eigenvalue weighted by Crippen LogP contribution is 2.60. The molecule has 4 bridgehead atoms. The van der Waals surface area contributed by atoms with E-state index >= 15 is 0 Å². The van der Waals surface area contributed by atoms with Crippen molar-refractivity contribution < 1.29 is 9.53 Å². The third-order valence-corrected chi connectivity index (χ3v) is 6.63. The molecule has 1 heterocycles. The summed E-state index contributed by atoms with van der Waals surface area (Å²) in [4.78, 5) is 12.9. The molecule has 6 heteroatoms. The average Bonchev–Trinajstić information content (AvgIpc) is 2.91. The predicted molar refractivity (Wildman–Crippen MR) is 84.7 cm³/mol. The lowest BCUT2D eigenvalue weighted by Gasteiger charge is -2.55. The van der Waals surface area contributed by atoms with Crippen molar-refractivity contribution in [3.05, 3.63) is 5.01 Å². The summed E-state index contributed by atoms with van der Waals surface area (Å²) in [5.41, 5.74) is -0.118. The van der Waals surface area contributed by atoms with Gasteiger partial charge >= 0.3 is 0 Å². The van der Waals surface area contributed by atoms with Gasteiger partial charge in [-0.15, -0.1) is 10.2 Å². The Hall–Kier alpha value is -1.01. The molecular weight excluding hydrogens is 298 g/mol. The normalized spacial score (nSPS) is 35.8. The van der Waals surface area contributed by atoms with Gasteiger partial charge in [0.15, 0.2) is 0 Å². The second-order valence-corrected chi connectivity index (χ2v) is 8.46. The van der Waals surface area contributed by atoms with Crippen LogP contribution in [0.2, 0.25) is 0 Å². The van der Waals surface area contributed by atoms with Crippen LogP contribution in [0.15, 0.2) is 0 Å². The van der Waals surface area contributed by atoms with Crippen molar-refractivity contribution in [1.29, 1.82) is 0 Å². The van der Waals surface area contributed by atoms with Gasteiger partial charge in [-0.2, -0.15) is 0 Å². The Bertz CT molecular complexity index is 536. The minimum atomic E-state index is -0.118. The smallest absolute Gasteiger partial charge is 0.232 e. The van der Waals surface area contributed by atoms with E-state index in [4.69, 9.17) is 4.74 Å². The molecule has 1 amide bonds. The molecule has 4 fully saturated rings. The minimum Gasteiger partial charge on any atom is -0.384 e. The number of nitrogens with one attached hydrogen (secondary N) is 1. The van der Waals surface area contributed by atoms with Gasteiger partial charge in [-0.25, -0.2) is 0 Å². The fourth-order valence-corrected chi connectivity index (χ4v) is 5.93. The fraction of sp³-hybridized carbons (Fsp3) is 0.812. The SMILES string of the molecule is COCCc1nnc(NC(=O)C23CC4CC(CC(C4)C2)C3)s1. The molecule has 1 aromatic rings. The molecule has 1 aromatic heterocycles. The Balaban J connectivity index is 1.45. The molecule has 0 unspecified atom stereocenters. The van der Waals surface area contributed by atoms with E-state index in [1.165, 1.54) is 30.6 Å². The van der Waals surface area contributed by atoms with Crippen molar-refractivity contribution in [3.8, 4) is 0 Å². The van der Waals surface area contributed by atoms with E-state index in [1.807, 2.05) is 0 Å². The van der Waals surface area contributed by atoms with Crippen LogP contribution >= 0.6 is 11.3 Å². The first-order chi connectivity index (χ1) is 10.7. The summed E-state index contributed by atoms with van der Waals surface area (Å²) in [6, 6.07) is 0. The lowest BCUT2D eigenvalue weighted by Crippen LogP contribution is -2.51. The second kappa shape index (κ2) is 5.57. The molecule has 0 aliphatic heterocycles. The van der Waals surface area contributed by atoms with Gasteiger partial charge in [0.1, 0.15) is 5.01 Å². The summed E-state index contributed by atoms with van der Waals surface area (Å²) in [6.45, 7) is 0.636. The number of nitrogens with zero attached hydrogens (tertiary/aromatic N) is 2. The third kappa shape index (κ3) is 2.56. The summed E-state index contributed by atoms with van der Waals surface area (Å²) in [5.74, 6) is 2.54. The summed E-state index contributed by atoms with van der Waals surface area (Å²) < 4.78 is 5.05. The number of rotatable bonds is 5. The van der Waals surface area contributed by atoms with Gasteiger partial charge < -0.3 is 10.1 Å². The third-order valence-electron chi connectivity index (χ3n) is 5.73. The topological polar surface area (TPSA) is 64.1 Å². The van der Waals surface area contributed by atoms with Gasteiger partial charge in [0.2, 0.25) is 11.0 Å². The van der Waals surface area contributed by atoms with Crippen molar-refractivity contribution in [3.63, 3.8) is 0 Å². The van der Waals surface area contributed by atoms with Crippen LogP contribution in [0.25, 0.3) is 0 Å². The van der Waals surface area contributed by atoms with Crippen LogP contribution < -0.4 is 5.32 Å².